The van der Waals surface area contributed by atoms with Crippen LogP contribution in [-0.2, 0) is 0 Å². The first kappa shape index (κ1) is 12.2. The summed E-state index contributed by atoms with van der Waals surface area (Å²) < 4.78 is 7.52. The fourth-order valence-corrected chi connectivity index (χ4v) is 2.25. The second kappa shape index (κ2) is 4.35. The molecule has 1 heterocycles. The molecule has 3 rings (SSSR count). The lowest BCUT2D eigenvalue weighted by atomic mass is 9.65. The standard InChI is InChI=1S/C14H18N4O/c1-14(2)11(15)8-12(14)19-13-16-9-18(17-13)10-6-4-3-5-7-10/h3-7,9,11-12H,8,15H2,1-2H3. The van der Waals surface area contributed by atoms with E-state index in [4.69, 9.17) is 10.5 Å². The molecule has 1 aliphatic rings. The maximum absolute atomic E-state index is 5.97. The van der Waals surface area contributed by atoms with Gasteiger partial charge in [-0.25, -0.2) is 4.68 Å². The maximum atomic E-state index is 5.97. The van der Waals surface area contributed by atoms with Gasteiger partial charge in [-0.1, -0.05) is 32.0 Å². The molecule has 1 aromatic carbocycles. The minimum atomic E-state index is -0.0157. The highest BCUT2D eigenvalue weighted by Gasteiger charge is 2.48. The molecule has 0 radical (unpaired) electrons. The summed E-state index contributed by atoms with van der Waals surface area (Å²) in [5.74, 6) is 0. The third-order valence-electron chi connectivity index (χ3n) is 3.99. The first-order chi connectivity index (χ1) is 9.07. The first-order valence-corrected chi connectivity index (χ1v) is 6.46. The van der Waals surface area contributed by atoms with Gasteiger partial charge >= 0.3 is 6.01 Å². The number of aromatic nitrogens is 3. The monoisotopic (exact) mass is 258 g/mol. The Bertz CT molecular complexity index is 564. The van der Waals surface area contributed by atoms with Gasteiger partial charge < -0.3 is 10.5 Å². The summed E-state index contributed by atoms with van der Waals surface area (Å²) in [6.45, 7) is 4.22. The van der Waals surface area contributed by atoms with E-state index in [0.29, 0.717) is 6.01 Å². The van der Waals surface area contributed by atoms with E-state index >= 15 is 0 Å². The number of hydrogen-bond donors (Lipinski definition) is 1. The molecule has 2 atom stereocenters. The molecule has 0 aliphatic heterocycles. The summed E-state index contributed by atoms with van der Waals surface area (Å²) in [6.07, 6.45) is 2.61. The molecule has 19 heavy (non-hydrogen) atoms. The van der Waals surface area contributed by atoms with Crippen LogP contribution in [0.5, 0.6) is 6.01 Å². The van der Waals surface area contributed by atoms with Gasteiger partial charge in [-0.3, -0.25) is 0 Å². The fourth-order valence-electron chi connectivity index (χ4n) is 2.25. The number of benzene rings is 1. The lowest BCUT2D eigenvalue weighted by Crippen LogP contribution is -2.60. The number of rotatable bonds is 3. The SMILES string of the molecule is CC1(C)C(N)CC1Oc1ncn(-c2ccccc2)n1. The van der Waals surface area contributed by atoms with Gasteiger partial charge in [-0.05, 0) is 12.1 Å². The van der Waals surface area contributed by atoms with Crippen LogP contribution in [0.25, 0.3) is 5.69 Å². The van der Waals surface area contributed by atoms with Crippen molar-refractivity contribution in [3.8, 4) is 11.7 Å². The van der Waals surface area contributed by atoms with Crippen LogP contribution in [0.1, 0.15) is 20.3 Å². The quantitative estimate of drug-likeness (QED) is 0.911. The molecule has 2 unspecified atom stereocenters. The van der Waals surface area contributed by atoms with E-state index in [1.165, 1.54) is 0 Å². The van der Waals surface area contributed by atoms with Crippen molar-refractivity contribution >= 4 is 0 Å². The van der Waals surface area contributed by atoms with Crippen molar-refractivity contribution in [2.24, 2.45) is 11.1 Å². The molecule has 1 aromatic heterocycles. The molecular formula is C14H18N4O. The summed E-state index contributed by atoms with van der Waals surface area (Å²) in [6, 6.07) is 10.4. The molecule has 0 spiro atoms. The Kier molecular flexibility index (Phi) is 2.78. The van der Waals surface area contributed by atoms with Gasteiger partial charge in [-0.15, -0.1) is 5.10 Å². The van der Waals surface area contributed by atoms with Crippen molar-refractivity contribution in [2.45, 2.75) is 32.4 Å². The van der Waals surface area contributed by atoms with Crippen LogP contribution >= 0.6 is 0 Å². The molecule has 2 aromatic rings. The third kappa shape index (κ3) is 2.10. The average molecular weight is 258 g/mol. The van der Waals surface area contributed by atoms with Gasteiger partial charge in [0.1, 0.15) is 12.4 Å². The van der Waals surface area contributed by atoms with Crippen LogP contribution in [0, 0.1) is 5.41 Å². The largest absolute Gasteiger partial charge is 0.458 e. The summed E-state index contributed by atoms with van der Waals surface area (Å²) in [4.78, 5) is 4.19. The number of nitrogens with two attached hydrogens (primary N) is 1. The van der Waals surface area contributed by atoms with Crippen LogP contribution in [0.3, 0.4) is 0 Å². The van der Waals surface area contributed by atoms with Crippen LogP contribution in [-0.4, -0.2) is 26.9 Å². The van der Waals surface area contributed by atoms with Gasteiger partial charge in [0.05, 0.1) is 5.69 Å². The average Bonchev–Trinajstić information content (AvgIpc) is 2.88. The molecule has 0 bridgehead atoms. The Labute approximate surface area is 112 Å². The van der Waals surface area contributed by atoms with E-state index in [-0.39, 0.29) is 17.6 Å². The number of ether oxygens (including phenoxy) is 1. The zero-order chi connectivity index (χ0) is 13.5. The Morgan fingerprint density at radius 2 is 2.05 bits per heavy atom. The van der Waals surface area contributed by atoms with Crippen molar-refractivity contribution in [2.75, 3.05) is 0 Å². The molecule has 100 valence electrons. The van der Waals surface area contributed by atoms with E-state index < -0.39 is 0 Å². The lowest BCUT2D eigenvalue weighted by Gasteiger charge is -2.48. The van der Waals surface area contributed by atoms with E-state index in [9.17, 15) is 0 Å². The zero-order valence-electron chi connectivity index (χ0n) is 11.2. The normalized spacial score (nSPS) is 24.8. The third-order valence-corrected chi connectivity index (χ3v) is 3.99. The Hall–Kier alpha value is -1.88. The summed E-state index contributed by atoms with van der Waals surface area (Å²) in [5, 5.41) is 4.34. The van der Waals surface area contributed by atoms with Gasteiger partial charge in [0.15, 0.2) is 0 Å². The molecule has 5 heteroatoms. The molecule has 2 N–H and O–H groups in total. The fraction of sp³-hybridized carbons (Fsp3) is 0.429. The highest BCUT2D eigenvalue weighted by atomic mass is 16.5. The summed E-state index contributed by atoms with van der Waals surface area (Å²) >= 11 is 0. The molecule has 1 aliphatic carbocycles. The zero-order valence-corrected chi connectivity index (χ0v) is 11.2. The van der Waals surface area contributed by atoms with Crippen LogP contribution < -0.4 is 10.5 Å². The number of nitrogens with zero attached hydrogens (tertiary/aromatic N) is 3. The molecular weight excluding hydrogens is 240 g/mol. The highest BCUT2D eigenvalue weighted by Crippen LogP contribution is 2.41. The van der Waals surface area contributed by atoms with Crippen LogP contribution in [0.15, 0.2) is 36.7 Å². The van der Waals surface area contributed by atoms with Gasteiger partial charge in [-0.2, -0.15) is 4.98 Å². The maximum Gasteiger partial charge on any atom is 0.336 e. The Morgan fingerprint density at radius 3 is 2.68 bits per heavy atom. The van der Waals surface area contributed by atoms with Crippen LogP contribution in [0.4, 0.5) is 0 Å². The van der Waals surface area contributed by atoms with E-state index in [0.717, 1.165) is 12.1 Å². The molecule has 1 fully saturated rings. The first-order valence-electron chi connectivity index (χ1n) is 6.46. The molecule has 1 saturated carbocycles. The van der Waals surface area contributed by atoms with Crippen molar-refractivity contribution in [3.63, 3.8) is 0 Å². The van der Waals surface area contributed by atoms with Gasteiger partial charge in [0, 0.05) is 17.9 Å². The summed E-state index contributed by atoms with van der Waals surface area (Å²) in [7, 11) is 0. The van der Waals surface area contributed by atoms with Crippen molar-refractivity contribution in [1.82, 2.24) is 14.8 Å². The predicted molar refractivity (Wildman–Crippen MR) is 72.1 cm³/mol. The Balaban J connectivity index is 1.73. The topological polar surface area (TPSA) is 66.0 Å². The summed E-state index contributed by atoms with van der Waals surface area (Å²) in [5.41, 5.74) is 6.92. The smallest absolute Gasteiger partial charge is 0.336 e. The second-order valence-corrected chi connectivity index (χ2v) is 5.58. The van der Waals surface area contributed by atoms with E-state index in [1.54, 1.807) is 11.0 Å². The minimum Gasteiger partial charge on any atom is -0.458 e. The van der Waals surface area contributed by atoms with E-state index in [1.807, 2.05) is 30.3 Å². The van der Waals surface area contributed by atoms with Crippen molar-refractivity contribution in [1.29, 1.82) is 0 Å². The minimum absolute atomic E-state index is 0.0157. The van der Waals surface area contributed by atoms with E-state index in [2.05, 4.69) is 23.9 Å². The van der Waals surface area contributed by atoms with Gasteiger partial charge in [0.2, 0.25) is 0 Å². The van der Waals surface area contributed by atoms with Gasteiger partial charge in [0.25, 0.3) is 0 Å². The van der Waals surface area contributed by atoms with Crippen LogP contribution in [0.2, 0.25) is 0 Å². The lowest BCUT2D eigenvalue weighted by molar-refractivity contribution is -0.0450. The Morgan fingerprint density at radius 1 is 1.32 bits per heavy atom. The van der Waals surface area contributed by atoms with Crippen molar-refractivity contribution < 1.29 is 4.74 Å². The number of para-hydroxylation sites is 1. The number of hydrogen-bond acceptors (Lipinski definition) is 4. The highest BCUT2D eigenvalue weighted by molar-refractivity contribution is 5.29. The molecule has 5 nitrogen and oxygen atoms in total. The van der Waals surface area contributed by atoms with Crippen molar-refractivity contribution in [3.05, 3.63) is 36.7 Å². The second-order valence-electron chi connectivity index (χ2n) is 5.58. The molecule has 0 amide bonds. The predicted octanol–water partition coefficient (Wildman–Crippen LogP) is 1.77. The molecule has 0 saturated heterocycles.